The van der Waals surface area contributed by atoms with Crippen LogP contribution in [0.3, 0.4) is 0 Å². The van der Waals surface area contributed by atoms with E-state index >= 15 is 0 Å². The Bertz CT molecular complexity index is 184. The minimum atomic E-state index is 0.429. The van der Waals surface area contributed by atoms with Crippen molar-refractivity contribution in [3.8, 4) is 0 Å². The standard InChI is InChI=1S/C12H21BrO2/c13-9-12(6-8-14-10-12)5-1-3-11-4-2-7-15-11/h11H,1-10H2. The highest BCUT2D eigenvalue weighted by Crippen LogP contribution is 2.36. The highest BCUT2D eigenvalue weighted by atomic mass is 79.9. The van der Waals surface area contributed by atoms with Crippen molar-refractivity contribution in [1.82, 2.24) is 0 Å². The van der Waals surface area contributed by atoms with E-state index in [4.69, 9.17) is 9.47 Å². The lowest BCUT2D eigenvalue weighted by atomic mass is 9.84. The second-order valence-corrected chi connectivity index (χ2v) is 5.52. The van der Waals surface area contributed by atoms with Crippen molar-refractivity contribution in [2.75, 3.05) is 25.2 Å². The summed E-state index contributed by atoms with van der Waals surface area (Å²) >= 11 is 3.64. The number of hydrogen-bond donors (Lipinski definition) is 0. The minimum absolute atomic E-state index is 0.429. The van der Waals surface area contributed by atoms with Crippen molar-refractivity contribution in [2.45, 2.75) is 44.6 Å². The van der Waals surface area contributed by atoms with Gasteiger partial charge in [0.15, 0.2) is 0 Å². The molecule has 3 heteroatoms. The quantitative estimate of drug-likeness (QED) is 0.719. The summed E-state index contributed by atoms with van der Waals surface area (Å²) in [4.78, 5) is 0. The van der Waals surface area contributed by atoms with Gasteiger partial charge in [-0.2, -0.15) is 0 Å². The summed E-state index contributed by atoms with van der Waals surface area (Å²) in [6.45, 7) is 2.88. The van der Waals surface area contributed by atoms with Crippen molar-refractivity contribution >= 4 is 15.9 Å². The number of ether oxygens (including phenoxy) is 2. The average Bonchev–Trinajstić information content (AvgIpc) is 2.89. The fourth-order valence-corrected chi connectivity index (χ4v) is 3.32. The Hall–Kier alpha value is 0.400. The molecule has 2 saturated heterocycles. The SMILES string of the molecule is BrCC1(CCCC2CCCO2)CCOC1. The van der Waals surface area contributed by atoms with E-state index in [1.807, 2.05) is 0 Å². The van der Waals surface area contributed by atoms with E-state index in [0.717, 1.165) is 25.2 Å². The average molecular weight is 277 g/mol. The Balaban J connectivity index is 1.67. The van der Waals surface area contributed by atoms with Crippen LogP contribution < -0.4 is 0 Å². The number of rotatable bonds is 5. The van der Waals surface area contributed by atoms with Crippen LogP contribution in [-0.2, 0) is 9.47 Å². The third-order valence-electron chi connectivity index (χ3n) is 3.73. The smallest absolute Gasteiger partial charge is 0.0576 e. The molecule has 2 aliphatic rings. The van der Waals surface area contributed by atoms with Gasteiger partial charge in [0.1, 0.15) is 0 Å². The van der Waals surface area contributed by atoms with Gasteiger partial charge in [0.05, 0.1) is 12.7 Å². The van der Waals surface area contributed by atoms with E-state index in [-0.39, 0.29) is 0 Å². The Morgan fingerprint density at radius 1 is 1.33 bits per heavy atom. The summed E-state index contributed by atoms with van der Waals surface area (Å²) in [6, 6.07) is 0. The van der Waals surface area contributed by atoms with E-state index < -0.39 is 0 Å². The van der Waals surface area contributed by atoms with Gasteiger partial charge in [0.25, 0.3) is 0 Å². The predicted octanol–water partition coefficient (Wildman–Crippen LogP) is 3.14. The summed E-state index contributed by atoms with van der Waals surface area (Å²) in [5, 5.41) is 1.09. The molecule has 0 aliphatic carbocycles. The van der Waals surface area contributed by atoms with E-state index in [0.29, 0.717) is 11.5 Å². The first kappa shape index (κ1) is 11.9. The number of halogens is 1. The number of alkyl halides is 1. The first-order valence-electron chi connectivity index (χ1n) is 6.10. The molecule has 0 radical (unpaired) electrons. The van der Waals surface area contributed by atoms with Gasteiger partial charge < -0.3 is 9.47 Å². The van der Waals surface area contributed by atoms with Crippen LogP contribution in [0.25, 0.3) is 0 Å². The second kappa shape index (κ2) is 5.65. The summed E-state index contributed by atoms with van der Waals surface area (Å²) < 4.78 is 11.2. The molecular weight excluding hydrogens is 256 g/mol. The normalized spacial score (nSPS) is 36.2. The molecule has 2 unspecified atom stereocenters. The molecule has 0 saturated carbocycles. The molecule has 2 nitrogen and oxygen atoms in total. The molecule has 0 amide bonds. The maximum Gasteiger partial charge on any atom is 0.0576 e. The topological polar surface area (TPSA) is 18.5 Å². The van der Waals surface area contributed by atoms with Gasteiger partial charge in [-0.15, -0.1) is 0 Å². The fourth-order valence-electron chi connectivity index (χ4n) is 2.60. The van der Waals surface area contributed by atoms with Crippen molar-refractivity contribution in [3.05, 3.63) is 0 Å². The Kier molecular flexibility index (Phi) is 4.47. The lowest BCUT2D eigenvalue weighted by molar-refractivity contribution is 0.0964. The molecule has 0 spiro atoms. The lowest BCUT2D eigenvalue weighted by Gasteiger charge is -2.25. The lowest BCUT2D eigenvalue weighted by Crippen LogP contribution is -2.23. The van der Waals surface area contributed by atoms with Crippen molar-refractivity contribution in [2.24, 2.45) is 5.41 Å². The summed E-state index contributed by atoms with van der Waals surface area (Å²) in [5.74, 6) is 0. The van der Waals surface area contributed by atoms with Crippen molar-refractivity contribution in [1.29, 1.82) is 0 Å². The zero-order valence-electron chi connectivity index (χ0n) is 9.34. The fraction of sp³-hybridized carbons (Fsp3) is 1.00. The molecule has 0 bridgehead atoms. The highest BCUT2D eigenvalue weighted by Gasteiger charge is 2.33. The minimum Gasteiger partial charge on any atom is -0.381 e. The van der Waals surface area contributed by atoms with Crippen LogP contribution in [0, 0.1) is 5.41 Å². The first-order valence-corrected chi connectivity index (χ1v) is 7.22. The van der Waals surface area contributed by atoms with Crippen LogP contribution in [0.4, 0.5) is 0 Å². The van der Waals surface area contributed by atoms with Crippen LogP contribution in [0.2, 0.25) is 0 Å². The van der Waals surface area contributed by atoms with E-state index in [2.05, 4.69) is 15.9 Å². The van der Waals surface area contributed by atoms with Gasteiger partial charge >= 0.3 is 0 Å². The Morgan fingerprint density at radius 2 is 2.27 bits per heavy atom. The van der Waals surface area contributed by atoms with Gasteiger partial charge in [0, 0.05) is 24.0 Å². The van der Waals surface area contributed by atoms with E-state index in [9.17, 15) is 0 Å². The molecule has 0 N–H and O–H groups in total. The third-order valence-corrected chi connectivity index (χ3v) is 4.92. The van der Waals surface area contributed by atoms with Crippen LogP contribution in [0.1, 0.15) is 38.5 Å². The summed E-state index contributed by atoms with van der Waals surface area (Å²) in [6.07, 6.45) is 8.14. The first-order chi connectivity index (χ1) is 7.35. The summed E-state index contributed by atoms with van der Waals surface area (Å²) in [5.41, 5.74) is 0.429. The third kappa shape index (κ3) is 3.18. The molecule has 2 aliphatic heterocycles. The van der Waals surface area contributed by atoms with E-state index in [1.165, 1.54) is 38.5 Å². The Labute approximate surface area is 101 Å². The zero-order valence-corrected chi connectivity index (χ0v) is 10.9. The van der Waals surface area contributed by atoms with Crippen LogP contribution in [0.5, 0.6) is 0 Å². The van der Waals surface area contributed by atoms with Crippen LogP contribution >= 0.6 is 15.9 Å². The molecule has 2 heterocycles. The molecule has 88 valence electrons. The molecule has 2 fully saturated rings. The van der Waals surface area contributed by atoms with Crippen LogP contribution in [-0.4, -0.2) is 31.3 Å². The predicted molar refractivity (Wildman–Crippen MR) is 64.5 cm³/mol. The number of hydrogen-bond acceptors (Lipinski definition) is 2. The van der Waals surface area contributed by atoms with Gasteiger partial charge in [-0.05, 0) is 32.1 Å². The maximum absolute atomic E-state index is 5.64. The molecule has 15 heavy (non-hydrogen) atoms. The molecule has 0 aromatic carbocycles. The highest BCUT2D eigenvalue weighted by molar-refractivity contribution is 9.09. The van der Waals surface area contributed by atoms with Gasteiger partial charge in [-0.3, -0.25) is 0 Å². The molecule has 0 aromatic heterocycles. The molecular formula is C12H21BrO2. The zero-order chi connectivity index (χ0) is 10.6. The summed E-state index contributed by atoms with van der Waals surface area (Å²) in [7, 11) is 0. The van der Waals surface area contributed by atoms with Crippen molar-refractivity contribution in [3.63, 3.8) is 0 Å². The Morgan fingerprint density at radius 3 is 2.87 bits per heavy atom. The van der Waals surface area contributed by atoms with Crippen molar-refractivity contribution < 1.29 is 9.47 Å². The van der Waals surface area contributed by atoms with Gasteiger partial charge in [-0.1, -0.05) is 22.4 Å². The second-order valence-electron chi connectivity index (χ2n) is 4.96. The maximum atomic E-state index is 5.64. The molecule has 2 rings (SSSR count). The van der Waals surface area contributed by atoms with Gasteiger partial charge in [-0.25, -0.2) is 0 Å². The van der Waals surface area contributed by atoms with E-state index in [1.54, 1.807) is 0 Å². The molecule has 2 atom stereocenters. The molecule has 0 aromatic rings. The van der Waals surface area contributed by atoms with Gasteiger partial charge in [0.2, 0.25) is 0 Å². The van der Waals surface area contributed by atoms with Crippen LogP contribution in [0.15, 0.2) is 0 Å². The largest absolute Gasteiger partial charge is 0.381 e. The monoisotopic (exact) mass is 276 g/mol.